The summed E-state index contributed by atoms with van der Waals surface area (Å²) < 4.78 is 18.4. The van der Waals surface area contributed by atoms with E-state index in [4.69, 9.17) is 16.3 Å². The highest BCUT2D eigenvalue weighted by atomic mass is 35.5. The van der Waals surface area contributed by atoms with Gasteiger partial charge in [-0.3, -0.25) is 0 Å². The fraction of sp³-hybridized carbons (Fsp3) is 0.417. The molecule has 0 saturated carbocycles. The van der Waals surface area contributed by atoms with Gasteiger partial charge in [-0.2, -0.15) is 0 Å². The van der Waals surface area contributed by atoms with E-state index in [0.29, 0.717) is 5.02 Å². The van der Waals surface area contributed by atoms with E-state index in [-0.39, 0.29) is 18.2 Å². The third-order valence-electron chi connectivity index (χ3n) is 2.73. The number of rotatable bonds is 3. The molecule has 1 aromatic carbocycles. The van der Waals surface area contributed by atoms with Crippen molar-refractivity contribution in [3.63, 3.8) is 0 Å². The summed E-state index contributed by atoms with van der Waals surface area (Å²) in [5.74, 6) is -1.28. The molecule has 1 aliphatic rings. The van der Waals surface area contributed by atoms with Gasteiger partial charge in [-0.05, 0) is 37.6 Å². The third kappa shape index (κ3) is 3.17. The Morgan fingerprint density at radius 2 is 2.41 bits per heavy atom. The van der Waals surface area contributed by atoms with E-state index in [1.54, 1.807) is 0 Å². The van der Waals surface area contributed by atoms with Crippen LogP contribution in [-0.2, 0) is 4.74 Å². The number of carbonyl (C=O) groups excluding carboxylic acids is 1. The minimum atomic E-state index is -0.668. The van der Waals surface area contributed by atoms with Crippen molar-refractivity contribution in [2.75, 3.05) is 13.2 Å². The first-order valence-corrected chi connectivity index (χ1v) is 5.90. The van der Waals surface area contributed by atoms with E-state index in [9.17, 15) is 9.18 Å². The van der Waals surface area contributed by atoms with E-state index in [1.165, 1.54) is 12.1 Å². The maximum atomic E-state index is 13.3. The van der Waals surface area contributed by atoms with Gasteiger partial charge in [0.1, 0.15) is 12.4 Å². The van der Waals surface area contributed by atoms with Gasteiger partial charge in [0.2, 0.25) is 0 Å². The summed E-state index contributed by atoms with van der Waals surface area (Å²) in [6.07, 6.45) is 2.05. The van der Waals surface area contributed by atoms with Gasteiger partial charge in [-0.25, -0.2) is 9.18 Å². The predicted molar refractivity (Wildman–Crippen MR) is 62.7 cm³/mol. The first kappa shape index (κ1) is 12.3. The molecule has 0 amide bonds. The van der Waals surface area contributed by atoms with E-state index in [1.807, 2.05) is 0 Å². The van der Waals surface area contributed by atoms with Crippen molar-refractivity contribution >= 4 is 17.6 Å². The van der Waals surface area contributed by atoms with Crippen molar-refractivity contribution in [2.24, 2.45) is 0 Å². The van der Waals surface area contributed by atoms with E-state index >= 15 is 0 Å². The Bertz CT molecular complexity index is 419. The Hall–Kier alpha value is -1.13. The molecule has 1 unspecified atom stereocenters. The van der Waals surface area contributed by atoms with Crippen LogP contribution in [0.4, 0.5) is 4.39 Å². The van der Waals surface area contributed by atoms with Gasteiger partial charge in [0.25, 0.3) is 0 Å². The Balaban J connectivity index is 1.96. The van der Waals surface area contributed by atoms with Gasteiger partial charge in [0, 0.05) is 11.1 Å². The fourth-order valence-electron chi connectivity index (χ4n) is 1.81. The molecule has 1 heterocycles. The van der Waals surface area contributed by atoms with Crippen LogP contribution in [0.15, 0.2) is 18.2 Å². The molecule has 0 aromatic heterocycles. The van der Waals surface area contributed by atoms with Crippen LogP contribution in [0.5, 0.6) is 0 Å². The fourth-order valence-corrected chi connectivity index (χ4v) is 1.98. The van der Waals surface area contributed by atoms with Crippen molar-refractivity contribution in [1.82, 2.24) is 5.32 Å². The average Bonchev–Trinajstić information content (AvgIpc) is 2.82. The van der Waals surface area contributed by atoms with Crippen molar-refractivity contribution in [1.29, 1.82) is 0 Å². The molecule has 1 atom stereocenters. The SMILES string of the molecule is O=C(OCC1CCCN1)c1cc(Cl)ccc1F. The number of ether oxygens (including phenoxy) is 1. The number of hydrogen-bond donors (Lipinski definition) is 1. The smallest absolute Gasteiger partial charge is 0.341 e. The van der Waals surface area contributed by atoms with Gasteiger partial charge < -0.3 is 10.1 Å². The Labute approximate surface area is 104 Å². The highest BCUT2D eigenvalue weighted by molar-refractivity contribution is 6.30. The molecular formula is C12H13ClFNO2. The average molecular weight is 258 g/mol. The molecule has 92 valence electrons. The molecule has 0 bridgehead atoms. The minimum absolute atomic E-state index is 0.115. The lowest BCUT2D eigenvalue weighted by Crippen LogP contribution is -2.28. The quantitative estimate of drug-likeness (QED) is 0.845. The van der Waals surface area contributed by atoms with Crippen molar-refractivity contribution in [2.45, 2.75) is 18.9 Å². The second-order valence-electron chi connectivity index (χ2n) is 4.02. The van der Waals surface area contributed by atoms with Gasteiger partial charge in [0.15, 0.2) is 0 Å². The number of benzene rings is 1. The molecule has 1 aromatic rings. The Morgan fingerprint density at radius 1 is 1.59 bits per heavy atom. The van der Waals surface area contributed by atoms with Gasteiger partial charge in [-0.15, -0.1) is 0 Å². The molecule has 1 N–H and O–H groups in total. The second kappa shape index (κ2) is 5.47. The van der Waals surface area contributed by atoms with E-state index in [0.717, 1.165) is 25.5 Å². The van der Waals surface area contributed by atoms with Crippen LogP contribution < -0.4 is 5.32 Å². The van der Waals surface area contributed by atoms with Crippen LogP contribution in [0.3, 0.4) is 0 Å². The summed E-state index contributed by atoms with van der Waals surface area (Å²) in [5, 5.41) is 3.51. The zero-order valence-corrected chi connectivity index (χ0v) is 9.97. The van der Waals surface area contributed by atoms with Gasteiger partial charge >= 0.3 is 5.97 Å². The molecule has 1 saturated heterocycles. The standard InChI is InChI=1S/C12H13ClFNO2/c13-8-3-4-11(14)10(6-8)12(16)17-7-9-2-1-5-15-9/h3-4,6,9,15H,1-2,5,7H2. The first-order valence-electron chi connectivity index (χ1n) is 5.52. The molecule has 2 rings (SSSR count). The number of nitrogens with one attached hydrogen (secondary N) is 1. The summed E-state index contributed by atoms with van der Waals surface area (Å²) in [7, 11) is 0. The van der Waals surface area contributed by atoms with Crippen molar-refractivity contribution in [3.05, 3.63) is 34.6 Å². The lowest BCUT2D eigenvalue weighted by atomic mass is 10.2. The zero-order valence-electron chi connectivity index (χ0n) is 9.21. The molecule has 17 heavy (non-hydrogen) atoms. The summed E-state index contributed by atoms with van der Waals surface area (Å²) >= 11 is 5.70. The first-order chi connectivity index (χ1) is 8.16. The largest absolute Gasteiger partial charge is 0.460 e. The summed E-state index contributed by atoms with van der Waals surface area (Å²) in [6, 6.07) is 4.02. The zero-order chi connectivity index (χ0) is 12.3. The number of esters is 1. The number of hydrogen-bond acceptors (Lipinski definition) is 3. The number of halogens is 2. The van der Waals surface area contributed by atoms with Crippen molar-refractivity contribution in [3.8, 4) is 0 Å². The van der Waals surface area contributed by atoms with Crippen LogP contribution >= 0.6 is 11.6 Å². The van der Waals surface area contributed by atoms with Crippen LogP contribution in [0.25, 0.3) is 0 Å². The highest BCUT2D eigenvalue weighted by Crippen LogP contribution is 2.16. The molecule has 1 fully saturated rings. The van der Waals surface area contributed by atoms with Crippen LogP contribution in [-0.4, -0.2) is 25.2 Å². The van der Waals surface area contributed by atoms with Crippen molar-refractivity contribution < 1.29 is 13.9 Å². The van der Waals surface area contributed by atoms with Crippen LogP contribution in [0.2, 0.25) is 5.02 Å². The summed E-state index contributed by atoms with van der Waals surface area (Å²) in [4.78, 5) is 11.6. The normalized spacial score (nSPS) is 19.3. The highest BCUT2D eigenvalue weighted by Gasteiger charge is 2.18. The minimum Gasteiger partial charge on any atom is -0.460 e. The lowest BCUT2D eigenvalue weighted by Gasteiger charge is -2.11. The monoisotopic (exact) mass is 257 g/mol. The van der Waals surface area contributed by atoms with E-state index in [2.05, 4.69) is 5.32 Å². The number of carbonyl (C=O) groups is 1. The molecule has 0 spiro atoms. The maximum absolute atomic E-state index is 13.3. The molecular weight excluding hydrogens is 245 g/mol. The topological polar surface area (TPSA) is 38.3 Å². The van der Waals surface area contributed by atoms with Crippen LogP contribution in [0.1, 0.15) is 23.2 Å². The molecule has 5 heteroatoms. The van der Waals surface area contributed by atoms with Gasteiger partial charge in [-0.1, -0.05) is 11.6 Å². The Kier molecular flexibility index (Phi) is 3.97. The third-order valence-corrected chi connectivity index (χ3v) is 2.96. The summed E-state index contributed by atoms with van der Waals surface area (Å²) in [6.45, 7) is 1.21. The lowest BCUT2D eigenvalue weighted by molar-refractivity contribution is 0.0468. The predicted octanol–water partition coefficient (Wildman–Crippen LogP) is 2.39. The molecule has 1 aliphatic heterocycles. The second-order valence-corrected chi connectivity index (χ2v) is 4.45. The Morgan fingerprint density at radius 3 is 3.12 bits per heavy atom. The molecule has 0 aliphatic carbocycles. The summed E-state index contributed by atoms with van der Waals surface area (Å²) in [5.41, 5.74) is -0.115. The molecule has 3 nitrogen and oxygen atoms in total. The van der Waals surface area contributed by atoms with Gasteiger partial charge in [0.05, 0.1) is 5.56 Å². The molecule has 0 radical (unpaired) electrons. The van der Waals surface area contributed by atoms with E-state index < -0.39 is 11.8 Å². The van der Waals surface area contributed by atoms with Crippen LogP contribution in [0, 0.1) is 5.82 Å². The maximum Gasteiger partial charge on any atom is 0.341 e.